The quantitative estimate of drug-likeness (QED) is 0.293. The maximum Gasteiger partial charge on any atom is 0.338 e. The standard InChI is InChI=1S/C30H36O12/c1-35-19-9-5-17(6-10-19)28(33)40-22-15-16-24(37-3)39-21(22)13-14-23-27(25(31)26(32)30(38-4)41-23)42-29(34)18-7-11-20(36-2)12-8-18/h5-12,15-16,21-27,30-32H,13-14H2,1-4H3/t21-,22+,23+,24+,25+,26-,27+,30-/m0/s1. The van der Waals surface area contributed by atoms with Crippen LogP contribution in [-0.4, -0.2) is 99.8 Å². The molecule has 4 rings (SSSR count). The molecule has 12 heteroatoms. The Morgan fingerprint density at radius 3 is 1.76 bits per heavy atom. The van der Waals surface area contributed by atoms with Gasteiger partial charge >= 0.3 is 11.9 Å². The third-order valence-electron chi connectivity index (χ3n) is 7.11. The van der Waals surface area contributed by atoms with E-state index in [2.05, 4.69) is 0 Å². The van der Waals surface area contributed by atoms with Crippen LogP contribution in [0.1, 0.15) is 33.6 Å². The number of ether oxygens (including phenoxy) is 8. The highest BCUT2D eigenvalue weighted by atomic mass is 16.7. The van der Waals surface area contributed by atoms with Gasteiger partial charge in [-0.15, -0.1) is 0 Å². The van der Waals surface area contributed by atoms with E-state index in [1.165, 1.54) is 40.6 Å². The molecule has 2 aliphatic heterocycles. The number of carbonyl (C=O) groups excluding carboxylic acids is 2. The number of methoxy groups -OCH3 is 4. The molecular weight excluding hydrogens is 552 g/mol. The summed E-state index contributed by atoms with van der Waals surface area (Å²) < 4.78 is 44.1. The van der Waals surface area contributed by atoms with Gasteiger partial charge in [-0.2, -0.15) is 0 Å². The fraction of sp³-hybridized carbons (Fsp3) is 0.467. The van der Waals surface area contributed by atoms with Crippen LogP contribution in [0.2, 0.25) is 0 Å². The highest BCUT2D eigenvalue weighted by molar-refractivity contribution is 5.90. The summed E-state index contributed by atoms with van der Waals surface area (Å²) in [5, 5.41) is 21.4. The minimum absolute atomic E-state index is 0.176. The van der Waals surface area contributed by atoms with Crippen LogP contribution in [0.15, 0.2) is 60.7 Å². The van der Waals surface area contributed by atoms with E-state index in [-0.39, 0.29) is 18.4 Å². The summed E-state index contributed by atoms with van der Waals surface area (Å²) in [7, 11) is 5.85. The van der Waals surface area contributed by atoms with Crippen molar-refractivity contribution in [2.45, 2.75) is 62.0 Å². The van der Waals surface area contributed by atoms with Gasteiger partial charge in [-0.05, 0) is 73.5 Å². The van der Waals surface area contributed by atoms with E-state index in [9.17, 15) is 19.8 Å². The minimum Gasteiger partial charge on any atom is -0.497 e. The number of carbonyl (C=O) groups is 2. The average Bonchev–Trinajstić information content (AvgIpc) is 3.03. The summed E-state index contributed by atoms with van der Waals surface area (Å²) in [6, 6.07) is 12.7. The Balaban J connectivity index is 1.48. The van der Waals surface area contributed by atoms with E-state index in [0.717, 1.165) is 0 Å². The van der Waals surface area contributed by atoms with E-state index >= 15 is 0 Å². The summed E-state index contributed by atoms with van der Waals surface area (Å²) in [6.07, 6.45) is -4.66. The molecule has 2 N–H and O–H groups in total. The van der Waals surface area contributed by atoms with Crippen LogP contribution in [0.3, 0.4) is 0 Å². The second-order valence-corrected chi connectivity index (χ2v) is 9.70. The van der Waals surface area contributed by atoms with Crippen LogP contribution in [-0.2, 0) is 28.4 Å². The lowest BCUT2D eigenvalue weighted by Gasteiger charge is -2.42. The Morgan fingerprint density at radius 2 is 1.24 bits per heavy atom. The SMILES string of the molecule is COc1ccc(C(=O)O[C@H]2[C@H](O)[C@H](O)[C@@H](OC)O[C@@H]2CC[C@@H]2O[C@@H](OC)C=C[C@H]2OC(=O)c2ccc(OC)cc2)cc1. The molecule has 2 aliphatic rings. The second kappa shape index (κ2) is 14.6. The molecule has 2 aromatic rings. The van der Waals surface area contributed by atoms with Crippen molar-refractivity contribution in [2.24, 2.45) is 0 Å². The fourth-order valence-corrected chi connectivity index (χ4v) is 4.75. The van der Waals surface area contributed by atoms with Crippen LogP contribution >= 0.6 is 0 Å². The third-order valence-corrected chi connectivity index (χ3v) is 7.11. The van der Waals surface area contributed by atoms with Crippen molar-refractivity contribution in [3.63, 3.8) is 0 Å². The topological polar surface area (TPSA) is 148 Å². The van der Waals surface area contributed by atoms with Crippen LogP contribution in [0.25, 0.3) is 0 Å². The molecule has 0 bridgehead atoms. The molecule has 0 aliphatic carbocycles. The van der Waals surface area contributed by atoms with Crippen LogP contribution in [0.5, 0.6) is 11.5 Å². The smallest absolute Gasteiger partial charge is 0.338 e. The van der Waals surface area contributed by atoms with Gasteiger partial charge in [0.2, 0.25) is 0 Å². The first-order valence-electron chi connectivity index (χ1n) is 13.4. The number of aliphatic hydroxyl groups excluding tert-OH is 2. The maximum absolute atomic E-state index is 12.9. The van der Waals surface area contributed by atoms with Crippen molar-refractivity contribution in [1.29, 1.82) is 0 Å². The van der Waals surface area contributed by atoms with Gasteiger partial charge in [-0.3, -0.25) is 0 Å². The van der Waals surface area contributed by atoms with Gasteiger partial charge in [0.1, 0.15) is 42.0 Å². The third kappa shape index (κ3) is 7.46. The Labute approximate surface area is 243 Å². The van der Waals surface area contributed by atoms with Gasteiger partial charge in [0.25, 0.3) is 0 Å². The monoisotopic (exact) mass is 588 g/mol. The van der Waals surface area contributed by atoms with Gasteiger partial charge in [0.05, 0.1) is 25.3 Å². The molecule has 0 radical (unpaired) electrons. The van der Waals surface area contributed by atoms with E-state index in [1.54, 1.807) is 48.6 Å². The Hall–Kier alpha value is -3.52. The van der Waals surface area contributed by atoms with Gasteiger partial charge < -0.3 is 48.1 Å². The molecule has 0 amide bonds. The summed E-state index contributed by atoms with van der Waals surface area (Å²) in [5.41, 5.74) is 0.553. The van der Waals surface area contributed by atoms with E-state index in [1.807, 2.05) is 0 Å². The van der Waals surface area contributed by atoms with Crippen LogP contribution in [0, 0.1) is 0 Å². The van der Waals surface area contributed by atoms with E-state index in [4.69, 9.17) is 37.9 Å². The Kier molecular flexibility index (Phi) is 10.9. The largest absolute Gasteiger partial charge is 0.497 e. The van der Waals surface area contributed by atoms with E-state index in [0.29, 0.717) is 17.1 Å². The zero-order valence-electron chi connectivity index (χ0n) is 23.8. The van der Waals surface area contributed by atoms with Gasteiger partial charge in [-0.1, -0.05) is 0 Å². The molecule has 1 saturated heterocycles. The predicted molar refractivity (Wildman–Crippen MR) is 146 cm³/mol. The first kappa shape index (κ1) is 31.4. The number of hydrogen-bond acceptors (Lipinski definition) is 12. The van der Waals surface area contributed by atoms with Gasteiger partial charge in [0, 0.05) is 14.2 Å². The van der Waals surface area contributed by atoms with Crippen molar-refractivity contribution >= 4 is 11.9 Å². The molecule has 228 valence electrons. The molecule has 12 nitrogen and oxygen atoms in total. The minimum atomic E-state index is -1.50. The summed E-state index contributed by atoms with van der Waals surface area (Å²) in [4.78, 5) is 25.8. The zero-order valence-corrected chi connectivity index (χ0v) is 23.8. The number of benzene rings is 2. The lowest BCUT2D eigenvalue weighted by molar-refractivity contribution is -0.291. The summed E-state index contributed by atoms with van der Waals surface area (Å²) >= 11 is 0. The number of aliphatic hydroxyl groups is 2. The molecular formula is C30H36O12. The number of hydrogen-bond donors (Lipinski definition) is 2. The molecule has 2 heterocycles. The van der Waals surface area contributed by atoms with Crippen LogP contribution in [0.4, 0.5) is 0 Å². The Morgan fingerprint density at radius 1 is 0.690 bits per heavy atom. The molecule has 0 unspecified atom stereocenters. The van der Waals surface area contributed by atoms with E-state index < -0.39 is 61.1 Å². The predicted octanol–water partition coefficient (Wildman–Crippen LogP) is 2.26. The highest BCUT2D eigenvalue weighted by Crippen LogP contribution is 2.30. The average molecular weight is 589 g/mol. The van der Waals surface area contributed by atoms with Crippen molar-refractivity contribution in [2.75, 3.05) is 28.4 Å². The molecule has 0 spiro atoms. The molecule has 1 fully saturated rings. The lowest BCUT2D eigenvalue weighted by Crippen LogP contribution is -2.59. The van der Waals surface area contributed by atoms with Crippen molar-refractivity contribution in [3.8, 4) is 11.5 Å². The molecule has 42 heavy (non-hydrogen) atoms. The normalized spacial score (nSPS) is 29.0. The second-order valence-electron chi connectivity index (χ2n) is 9.70. The Bertz CT molecular complexity index is 1200. The lowest BCUT2D eigenvalue weighted by atomic mass is 9.93. The van der Waals surface area contributed by atoms with Gasteiger partial charge in [-0.25, -0.2) is 9.59 Å². The highest BCUT2D eigenvalue weighted by Gasteiger charge is 2.47. The molecule has 0 saturated carbocycles. The molecule has 8 atom stereocenters. The summed E-state index contributed by atoms with van der Waals surface area (Å²) in [5.74, 6) is -0.123. The number of esters is 2. The fourth-order valence-electron chi connectivity index (χ4n) is 4.75. The first-order valence-corrected chi connectivity index (χ1v) is 13.4. The molecule has 2 aromatic carbocycles. The van der Waals surface area contributed by atoms with Crippen molar-refractivity contribution < 1.29 is 57.7 Å². The first-order chi connectivity index (χ1) is 20.3. The molecule has 0 aromatic heterocycles. The van der Waals surface area contributed by atoms with Crippen molar-refractivity contribution in [1.82, 2.24) is 0 Å². The number of rotatable bonds is 11. The summed E-state index contributed by atoms with van der Waals surface area (Å²) in [6.45, 7) is 0. The van der Waals surface area contributed by atoms with Gasteiger partial charge in [0.15, 0.2) is 18.7 Å². The zero-order chi connectivity index (χ0) is 30.2. The van der Waals surface area contributed by atoms with Crippen molar-refractivity contribution in [3.05, 3.63) is 71.8 Å². The van der Waals surface area contributed by atoms with Crippen LogP contribution < -0.4 is 9.47 Å². The maximum atomic E-state index is 12.9.